The van der Waals surface area contributed by atoms with Gasteiger partial charge in [-0.25, -0.2) is 9.18 Å². The lowest BCUT2D eigenvalue weighted by atomic mass is 10.0. The van der Waals surface area contributed by atoms with E-state index in [1.807, 2.05) is 0 Å². The molecular formula is C13H10FNO2. The van der Waals surface area contributed by atoms with Crippen molar-refractivity contribution in [3.8, 4) is 11.1 Å². The number of hydrogen-bond donors (Lipinski definition) is 1. The van der Waals surface area contributed by atoms with Crippen LogP contribution in [0.3, 0.4) is 0 Å². The molecule has 0 saturated carbocycles. The van der Waals surface area contributed by atoms with E-state index in [4.69, 9.17) is 5.11 Å². The molecule has 2 aromatic rings. The summed E-state index contributed by atoms with van der Waals surface area (Å²) in [5, 5.41) is 8.85. The molecule has 0 radical (unpaired) electrons. The fourth-order valence-corrected chi connectivity index (χ4v) is 1.57. The Morgan fingerprint density at radius 3 is 2.82 bits per heavy atom. The number of hydrogen-bond acceptors (Lipinski definition) is 2. The van der Waals surface area contributed by atoms with Crippen molar-refractivity contribution in [2.75, 3.05) is 0 Å². The maximum Gasteiger partial charge on any atom is 0.337 e. The molecule has 0 fully saturated rings. The Morgan fingerprint density at radius 1 is 1.35 bits per heavy atom. The third-order valence-corrected chi connectivity index (χ3v) is 2.49. The zero-order valence-corrected chi connectivity index (χ0v) is 9.14. The van der Waals surface area contributed by atoms with Crippen molar-refractivity contribution in [2.24, 2.45) is 0 Å². The van der Waals surface area contributed by atoms with E-state index in [1.165, 1.54) is 18.5 Å². The van der Waals surface area contributed by atoms with Crippen molar-refractivity contribution >= 4 is 5.97 Å². The first-order valence-corrected chi connectivity index (χ1v) is 5.03. The molecule has 0 saturated heterocycles. The van der Waals surface area contributed by atoms with E-state index < -0.39 is 5.97 Å². The number of nitrogens with zero attached hydrogens (tertiary/aromatic N) is 1. The number of pyridine rings is 1. The molecule has 0 spiro atoms. The maximum absolute atomic E-state index is 13.8. The highest BCUT2D eigenvalue weighted by molar-refractivity contribution is 5.88. The van der Waals surface area contributed by atoms with Gasteiger partial charge in [-0.2, -0.15) is 0 Å². The summed E-state index contributed by atoms with van der Waals surface area (Å²) >= 11 is 0. The van der Waals surface area contributed by atoms with Crippen LogP contribution in [0.2, 0.25) is 0 Å². The number of benzene rings is 1. The molecular weight excluding hydrogens is 221 g/mol. The fourth-order valence-electron chi connectivity index (χ4n) is 1.57. The topological polar surface area (TPSA) is 50.2 Å². The first-order valence-electron chi connectivity index (χ1n) is 5.03. The maximum atomic E-state index is 13.8. The first-order chi connectivity index (χ1) is 8.09. The van der Waals surface area contributed by atoms with Crippen molar-refractivity contribution < 1.29 is 14.3 Å². The minimum atomic E-state index is -1.08. The van der Waals surface area contributed by atoms with Crippen LogP contribution in [-0.2, 0) is 0 Å². The van der Waals surface area contributed by atoms with E-state index in [2.05, 4.69) is 4.98 Å². The van der Waals surface area contributed by atoms with Crippen molar-refractivity contribution in [1.29, 1.82) is 0 Å². The van der Waals surface area contributed by atoms with Crippen LogP contribution in [0.5, 0.6) is 0 Å². The lowest BCUT2D eigenvalue weighted by molar-refractivity contribution is 0.0696. The van der Waals surface area contributed by atoms with Gasteiger partial charge in [0.1, 0.15) is 5.82 Å². The van der Waals surface area contributed by atoms with Crippen LogP contribution < -0.4 is 0 Å². The minimum Gasteiger partial charge on any atom is -0.478 e. The number of halogens is 1. The number of rotatable bonds is 2. The predicted molar refractivity (Wildman–Crippen MR) is 61.3 cm³/mol. The zero-order chi connectivity index (χ0) is 12.4. The monoisotopic (exact) mass is 231 g/mol. The number of carboxylic acids is 1. The van der Waals surface area contributed by atoms with Gasteiger partial charge in [0.2, 0.25) is 0 Å². The van der Waals surface area contributed by atoms with Crippen LogP contribution in [0.1, 0.15) is 15.9 Å². The Labute approximate surface area is 97.6 Å². The van der Waals surface area contributed by atoms with E-state index >= 15 is 0 Å². The summed E-state index contributed by atoms with van der Waals surface area (Å²) in [5.41, 5.74) is 1.39. The summed E-state index contributed by atoms with van der Waals surface area (Å²) in [6.07, 6.45) is 2.68. The van der Waals surface area contributed by atoms with Gasteiger partial charge in [-0.05, 0) is 18.6 Å². The van der Waals surface area contributed by atoms with Gasteiger partial charge in [-0.15, -0.1) is 0 Å². The van der Waals surface area contributed by atoms with Crippen molar-refractivity contribution in [3.63, 3.8) is 0 Å². The molecule has 0 unspecified atom stereocenters. The molecule has 2 rings (SSSR count). The largest absolute Gasteiger partial charge is 0.478 e. The number of aromatic carboxylic acids is 1. The van der Waals surface area contributed by atoms with Gasteiger partial charge in [-0.3, -0.25) is 4.98 Å². The Morgan fingerprint density at radius 2 is 2.12 bits per heavy atom. The SMILES string of the molecule is Cc1cccc(-c2cncc(C(=O)O)c2)c1F. The summed E-state index contributed by atoms with van der Waals surface area (Å²) in [4.78, 5) is 14.6. The molecule has 3 nitrogen and oxygen atoms in total. The Balaban J connectivity index is 2.57. The lowest BCUT2D eigenvalue weighted by Gasteiger charge is -2.05. The summed E-state index contributed by atoms with van der Waals surface area (Å²) in [5.74, 6) is -1.43. The van der Waals surface area contributed by atoms with Gasteiger partial charge in [0, 0.05) is 23.5 Å². The highest BCUT2D eigenvalue weighted by Gasteiger charge is 2.10. The molecule has 17 heavy (non-hydrogen) atoms. The molecule has 0 aliphatic rings. The third kappa shape index (κ3) is 2.15. The lowest BCUT2D eigenvalue weighted by Crippen LogP contribution is -1.98. The normalized spacial score (nSPS) is 10.2. The molecule has 0 aliphatic heterocycles. The second-order valence-electron chi connectivity index (χ2n) is 3.70. The highest BCUT2D eigenvalue weighted by atomic mass is 19.1. The van der Waals surface area contributed by atoms with E-state index in [0.717, 1.165) is 0 Å². The van der Waals surface area contributed by atoms with Gasteiger partial charge in [0.05, 0.1) is 5.56 Å². The van der Waals surface area contributed by atoms with Crippen molar-refractivity contribution in [3.05, 3.63) is 53.6 Å². The summed E-state index contributed by atoms with van der Waals surface area (Å²) < 4.78 is 13.8. The molecule has 0 aliphatic carbocycles. The van der Waals surface area contributed by atoms with Crippen LogP contribution >= 0.6 is 0 Å². The second kappa shape index (κ2) is 4.33. The van der Waals surface area contributed by atoms with Crippen LogP contribution in [0.4, 0.5) is 4.39 Å². The molecule has 0 atom stereocenters. The quantitative estimate of drug-likeness (QED) is 0.864. The Kier molecular flexibility index (Phi) is 2.87. The zero-order valence-electron chi connectivity index (χ0n) is 9.14. The Hall–Kier alpha value is -2.23. The van der Waals surface area contributed by atoms with Gasteiger partial charge >= 0.3 is 5.97 Å². The van der Waals surface area contributed by atoms with E-state index in [9.17, 15) is 9.18 Å². The number of aryl methyl sites for hydroxylation is 1. The molecule has 1 aromatic carbocycles. The van der Waals surface area contributed by atoms with E-state index in [0.29, 0.717) is 16.7 Å². The second-order valence-corrected chi connectivity index (χ2v) is 3.70. The number of aromatic nitrogens is 1. The van der Waals surface area contributed by atoms with E-state index in [-0.39, 0.29) is 11.4 Å². The Bertz CT molecular complexity index is 581. The smallest absolute Gasteiger partial charge is 0.337 e. The van der Waals surface area contributed by atoms with Gasteiger partial charge in [-0.1, -0.05) is 18.2 Å². The number of carboxylic acid groups (broad SMARTS) is 1. The third-order valence-electron chi connectivity index (χ3n) is 2.49. The highest BCUT2D eigenvalue weighted by Crippen LogP contribution is 2.24. The van der Waals surface area contributed by atoms with Crippen LogP contribution in [-0.4, -0.2) is 16.1 Å². The first kappa shape index (κ1) is 11.3. The van der Waals surface area contributed by atoms with Crippen LogP contribution in [0, 0.1) is 12.7 Å². The average Bonchev–Trinajstić information content (AvgIpc) is 2.33. The minimum absolute atomic E-state index is 0.0448. The summed E-state index contributed by atoms with van der Waals surface area (Å²) in [6, 6.07) is 6.40. The van der Waals surface area contributed by atoms with Gasteiger partial charge in [0.25, 0.3) is 0 Å². The number of carbonyl (C=O) groups is 1. The van der Waals surface area contributed by atoms with Crippen LogP contribution in [0.15, 0.2) is 36.7 Å². The van der Waals surface area contributed by atoms with Gasteiger partial charge in [0.15, 0.2) is 0 Å². The molecule has 0 amide bonds. The molecule has 1 heterocycles. The molecule has 0 bridgehead atoms. The summed E-state index contributed by atoms with van der Waals surface area (Å²) in [6.45, 7) is 1.66. The standard InChI is InChI=1S/C13H10FNO2/c1-8-3-2-4-11(12(8)14)9-5-10(13(16)17)7-15-6-9/h2-7H,1H3,(H,16,17). The molecule has 86 valence electrons. The molecule has 4 heteroatoms. The molecule has 1 aromatic heterocycles. The fraction of sp³-hybridized carbons (Fsp3) is 0.0769. The van der Waals surface area contributed by atoms with Gasteiger partial charge < -0.3 is 5.11 Å². The van der Waals surface area contributed by atoms with E-state index in [1.54, 1.807) is 25.1 Å². The predicted octanol–water partition coefficient (Wildman–Crippen LogP) is 2.89. The van der Waals surface area contributed by atoms with Crippen molar-refractivity contribution in [1.82, 2.24) is 4.98 Å². The summed E-state index contributed by atoms with van der Waals surface area (Å²) in [7, 11) is 0. The van der Waals surface area contributed by atoms with Crippen LogP contribution in [0.25, 0.3) is 11.1 Å². The van der Waals surface area contributed by atoms with Crippen molar-refractivity contribution in [2.45, 2.75) is 6.92 Å². The average molecular weight is 231 g/mol. The molecule has 1 N–H and O–H groups in total.